The first kappa shape index (κ1) is 21.4. The Morgan fingerprint density at radius 2 is 1.94 bits per heavy atom. The van der Waals surface area contributed by atoms with E-state index in [1.54, 1.807) is 11.1 Å². The maximum atomic E-state index is 6.18. The van der Waals surface area contributed by atoms with Gasteiger partial charge in [-0.3, -0.25) is 4.90 Å². The van der Waals surface area contributed by atoms with Crippen LogP contribution in [0.25, 0.3) is 11.5 Å². The summed E-state index contributed by atoms with van der Waals surface area (Å²) in [7, 11) is 0. The lowest BCUT2D eigenvalue weighted by molar-refractivity contribution is 0.204. The number of fused-ring (bicyclic) bond motifs is 1. The molecular weight excluding hydrogens is 436 g/mol. The molecule has 0 saturated heterocycles. The van der Waals surface area contributed by atoms with E-state index in [9.17, 15) is 0 Å². The van der Waals surface area contributed by atoms with Crippen LogP contribution in [0.3, 0.4) is 0 Å². The average Bonchev–Trinajstić information content (AvgIpc) is 3.32. The first-order valence-corrected chi connectivity index (χ1v) is 12.4. The molecule has 0 N–H and O–H groups in total. The summed E-state index contributed by atoms with van der Waals surface area (Å²) in [5, 5.41) is 0.687. The number of hydrogen-bond acceptors (Lipinski definition) is 4. The standard InChI is InChI=1S/C27H27ClN2OS/c1-4-22-18(3)32-26-23(22)13-14-30(25(26)19-9-6-5-7-10-19)16-24-17(2)31-27(29-24)20-11-8-12-21(28)15-20/h5-12,15,25H,4,13-14,16H2,1-3H3/t25-/m1/s1. The number of aromatic nitrogens is 1. The van der Waals surface area contributed by atoms with E-state index in [-0.39, 0.29) is 6.04 Å². The smallest absolute Gasteiger partial charge is 0.226 e. The number of rotatable bonds is 5. The summed E-state index contributed by atoms with van der Waals surface area (Å²) in [5.74, 6) is 1.50. The largest absolute Gasteiger partial charge is 0.441 e. The first-order chi connectivity index (χ1) is 15.5. The van der Waals surface area contributed by atoms with Crippen molar-refractivity contribution in [1.82, 2.24) is 9.88 Å². The molecule has 0 bridgehead atoms. The molecule has 1 aliphatic rings. The minimum atomic E-state index is 0.245. The van der Waals surface area contributed by atoms with Crippen LogP contribution in [0.1, 0.15) is 50.9 Å². The third-order valence-corrected chi connectivity index (χ3v) is 7.88. The third kappa shape index (κ3) is 3.92. The highest BCUT2D eigenvalue weighted by Crippen LogP contribution is 2.43. The SMILES string of the molecule is CCc1c(C)sc2c1CCN(Cc1nc(-c3cccc(Cl)c3)oc1C)[C@@H]2c1ccccc1. The van der Waals surface area contributed by atoms with Gasteiger partial charge in [0, 0.05) is 33.4 Å². The number of aryl methyl sites for hydroxylation is 2. The molecule has 164 valence electrons. The van der Waals surface area contributed by atoms with E-state index in [0.717, 1.165) is 42.9 Å². The van der Waals surface area contributed by atoms with Crippen LogP contribution in [0.15, 0.2) is 59.0 Å². The molecule has 0 unspecified atom stereocenters. The van der Waals surface area contributed by atoms with Gasteiger partial charge in [-0.25, -0.2) is 4.98 Å². The number of benzene rings is 2. The maximum absolute atomic E-state index is 6.18. The van der Waals surface area contributed by atoms with Crippen LogP contribution in [0, 0.1) is 13.8 Å². The Balaban J connectivity index is 1.52. The minimum absolute atomic E-state index is 0.245. The van der Waals surface area contributed by atoms with Crippen molar-refractivity contribution in [2.75, 3.05) is 6.54 Å². The summed E-state index contributed by atoms with van der Waals surface area (Å²) in [5.41, 5.74) is 6.36. The molecule has 0 aliphatic carbocycles. The second-order valence-electron chi connectivity index (χ2n) is 8.40. The average molecular weight is 463 g/mol. The highest BCUT2D eigenvalue weighted by atomic mass is 35.5. The molecular formula is C27H27ClN2OS. The van der Waals surface area contributed by atoms with Crippen LogP contribution < -0.4 is 0 Å². The lowest BCUT2D eigenvalue weighted by atomic mass is 9.91. The van der Waals surface area contributed by atoms with Gasteiger partial charge in [0.2, 0.25) is 5.89 Å². The zero-order valence-electron chi connectivity index (χ0n) is 18.7. The van der Waals surface area contributed by atoms with Crippen molar-refractivity contribution in [2.24, 2.45) is 0 Å². The predicted octanol–water partition coefficient (Wildman–Crippen LogP) is 7.38. The summed E-state index contributed by atoms with van der Waals surface area (Å²) < 4.78 is 6.05. The van der Waals surface area contributed by atoms with Crippen molar-refractivity contribution in [3.8, 4) is 11.5 Å². The lowest BCUT2D eigenvalue weighted by Gasteiger charge is -2.36. The van der Waals surface area contributed by atoms with Crippen molar-refractivity contribution in [2.45, 2.75) is 46.2 Å². The number of thiophene rings is 1. The Labute approximate surface area is 198 Å². The fourth-order valence-corrected chi connectivity index (χ4v) is 6.49. The quantitative estimate of drug-likeness (QED) is 0.309. The van der Waals surface area contributed by atoms with Crippen LogP contribution in [0.2, 0.25) is 5.02 Å². The van der Waals surface area contributed by atoms with Gasteiger partial charge in [0.15, 0.2) is 0 Å². The van der Waals surface area contributed by atoms with Crippen LogP contribution in [-0.2, 0) is 19.4 Å². The number of nitrogens with zero attached hydrogens (tertiary/aromatic N) is 2. The molecule has 2 aromatic carbocycles. The highest BCUT2D eigenvalue weighted by Gasteiger charge is 2.33. The van der Waals surface area contributed by atoms with E-state index in [2.05, 4.69) is 49.1 Å². The van der Waals surface area contributed by atoms with E-state index in [0.29, 0.717) is 10.9 Å². The van der Waals surface area contributed by atoms with Gasteiger partial charge < -0.3 is 4.42 Å². The molecule has 0 amide bonds. The lowest BCUT2D eigenvalue weighted by Crippen LogP contribution is -2.35. The molecule has 0 saturated carbocycles. The zero-order chi connectivity index (χ0) is 22.2. The molecule has 1 atom stereocenters. The second-order valence-corrected chi connectivity index (χ2v) is 10.1. The first-order valence-electron chi connectivity index (χ1n) is 11.2. The molecule has 0 radical (unpaired) electrons. The van der Waals surface area contributed by atoms with E-state index in [1.807, 2.05) is 42.5 Å². The number of hydrogen-bond donors (Lipinski definition) is 0. The summed E-state index contributed by atoms with van der Waals surface area (Å²) in [4.78, 5) is 10.4. The van der Waals surface area contributed by atoms with Crippen molar-refractivity contribution >= 4 is 22.9 Å². The molecule has 1 aliphatic heterocycles. The molecule has 3 heterocycles. The molecule has 4 aromatic rings. The fraction of sp³-hybridized carbons (Fsp3) is 0.296. The van der Waals surface area contributed by atoms with Gasteiger partial charge in [-0.2, -0.15) is 0 Å². The van der Waals surface area contributed by atoms with Gasteiger partial charge in [0.05, 0.1) is 11.7 Å². The topological polar surface area (TPSA) is 29.3 Å². The fourth-order valence-electron chi connectivity index (χ4n) is 4.84. The van der Waals surface area contributed by atoms with Gasteiger partial charge >= 0.3 is 0 Å². The van der Waals surface area contributed by atoms with E-state index >= 15 is 0 Å². The Hall–Kier alpha value is -2.40. The summed E-state index contributed by atoms with van der Waals surface area (Å²) in [6.07, 6.45) is 2.19. The van der Waals surface area contributed by atoms with E-state index in [4.69, 9.17) is 21.0 Å². The third-order valence-electron chi connectivity index (χ3n) is 6.40. The van der Waals surface area contributed by atoms with Crippen LogP contribution in [0.4, 0.5) is 0 Å². The molecule has 2 aromatic heterocycles. The van der Waals surface area contributed by atoms with Crippen molar-refractivity contribution in [1.29, 1.82) is 0 Å². The Bertz CT molecular complexity index is 1240. The van der Waals surface area contributed by atoms with Crippen molar-refractivity contribution in [3.63, 3.8) is 0 Å². The Morgan fingerprint density at radius 3 is 2.69 bits per heavy atom. The highest BCUT2D eigenvalue weighted by molar-refractivity contribution is 7.12. The van der Waals surface area contributed by atoms with Gasteiger partial charge in [-0.05, 0) is 61.6 Å². The van der Waals surface area contributed by atoms with Crippen LogP contribution >= 0.6 is 22.9 Å². The van der Waals surface area contributed by atoms with Gasteiger partial charge in [-0.15, -0.1) is 11.3 Å². The molecule has 0 fully saturated rings. The number of oxazole rings is 1. The van der Waals surface area contributed by atoms with Gasteiger partial charge in [0.25, 0.3) is 0 Å². The summed E-state index contributed by atoms with van der Waals surface area (Å²) >= 11 is 8.15. The molecule has 0 spiro atoms. The van der Waals surface area contributed by atoms with Gasteiger partial charge in [0.1, 0.15) is 5.76 Å². The normalized spacial score (nSPS) is 16.3. The van der Waals surface area contributed by atoms with E-state index < -0.39 is 0 Å². The monoisotopic (exact) mass is 462 g/mol. The molecule has 5 rings (SSSR count). The van der Waals surface area contributed by atoms with E-state index in [1.165, 1.54) is 15.3 Å². The Kier molecular flexibility index (Phi) is 5.93. The summed E-state index contributed by atoms with van der Waals surface area (Å²) in [6.45, 7) is 8.32. The number of halogens is 1. The van der Waals surface area contributed by atoms with Gasteiger partial charge in [-0.1, -0.05) is 54.9 Å². The minimum Gasteiger partial charge on any atom is -0.441 e. The second kappa shape index (κ2) is 8.86. The molecule has 3 nitrogen and oxygen atoms in total. The maximum Gasteiger partial charge on any atom is 0.226 e. The molecule has 5 heteroatoms. The van der Waals surface area contributed by atoms with Crippen LogP contribution in [-0.4, -0.2) is 16.4 Å². The van der Waals surface area contributed by atoms with Crippen LogP contribution in [0.5, 0.6) is 0 Å². The summed E-state index contributed by atoms with van der Waals surface area (Å²) in [6, 6.07) is 18.8. The van der Waals surface area contributed by atoms with Crippen molar-refractivity contribution in [3.05, 3.63) is 97.5 Å². The Morgan fingerprint density at radius 1 is 1.12 bits per heavy atom. The molecule has 32 heavy (non-hydrogen) atoms. The van der Waals surface area contributed by atoms with Crippen molar-refractivity contribution < 1.29 is 4.42 Å². The zero-order valence-corrected chi connectivity index (χ0v) is 20.3. The predicted molar refractivity (Wildman–Crippen MR) is 133 cm³/mol.